The minimum absolute atomic E-state index is 0.0213. The number of nitrogens with zero attached hydrogens (tertiary/aromatic N) is 1. The van der Waals surface area contributed by atoms with Crippen LogP contribution in [0.2, 0.25) is 5.02 Å². The first-order valence-electron chi connectivity index (χ1n) is 9.31. The van der Waals surface area contributed by atoms with E-state index in [2.05, 4.69) is 5.32 Å². The first-order valence-corrected chi connectivity index (χ1v) is 11.1. The van der Waals surface area contributed by atoms with Gasteiger partial charge in [-0.2, -0.15) is 4.31 Å². The minimum atomic E-state index is -3.82. The highest BCUT2D eigenvalue weighted by atomic mass is 35.5. The number of nitrogens with one attached hydrogen (secondary N) is 1. The molecule has 0 spiro atoms. The number of hydrogen-bond acceptors (Lipinski definition) is 4. The van der Waals surface area contributed by atoms with E-state index in [0.29, 0.717) is 31.7 Å². The van der Waals surface area contributed by atoms with E-state index >= 15 is 0 Å². The lowest BCUT2D eigenvalue weighted by atomic mass is 9.98. The molecule has 0 unspecified atom stereocenters. The van der Waals surface area contributed by atoms with E-state index in [1.54, 1.807) is 13.0 Å². The minimum Gasteiger partial charge on any atom is -0.492 e. The molecule has 1 N–H and O–H groups in total. The second-order valence-corrected chi connectivity index (χ2v) is 9.04. The molecule has 156 valence electrons. The van der Waals surface area contributed by atoms with E-state index in [1.165, 1.54) is 40.7 Å². The van der Waals surface area contributed by atoms with Gasteiger partial charge in [0.1, 0.15) is 11.6 Å². The topological polar surface area (TPSA) is 75.7 Å². The number of benzene rings is 2. The Balaban J connectivity index is 1.75. The Morgan fingerprint density at radius 3 is 2.76 bits per heavy atom. The van der Waals surface area contributed by atoms with Crippen molar-refractivity contribution in [3.63, 3.8) is 0 Å². The molecule has 2 aromatic carbocycles. The standard InChI is InChI=1S/C20H22ClFN2O4S/c1-2-28-19-10-9-15(12-16(19)21)29(26,27)24-11-5-6-14(13-24)20(25)23-18-8-4-3-7-17(18)22/h3-4,7-10,12,14H,2,5-6,11,13H2,1H3,(H,23,25)/t14-/m0/s1. The fraction of sp³-hybridized carbons (Fsp3) is 0.350. The average molecular weight is 441 g/mol. The van der Waals surface area contributed by atoms with Gasteiger partial charge in [-0.05, 0) is 50.1 Å². The fourth-order valence-electron chi connectivity index (χ4n) is 3.24. The van der Waals surface area contributed by atoms with Crippen molar-refractivity contribution in [2.75, 3.05) is 25.0 Å². The van der Waals surface area contributed by atoms with Crippen LogP contribution in [0, 0.1) is 11.7 Å². The van der Waals surface area contributed by atoms with Crippen molar-refractivity contribution in [2.45, 2.75) is 24.7 Å². The number of sulfonamides is 1. The van der Waals surface area contributed by atoms with Crippen LogP contribution in [0.15, 0.2) is 47.4 Å². The summed E-state index contributed by atoms with van der Waals surface area (Å²) >= 11 is 6.13. The summed E-state index contributed by atoms with van der Waals surface area (Å²) in [6.07, 6.45) is 1.05. The third-order valence-corrected chi connectivity index (χ3v) is 6.88. The molecule has 6 nitrogen and oxygen atoms in total. The Morgan fingerprint density at radius 2 is 2.07 bits per heavy atom. The van der Waals surface area contributed by atoms with Crippen molar-refractivity contribution < 1.29 is 22.3 Å². The molecule has 3 rings (SSSR count). The van der Waals surface area contributed by atoms with Gasteiger partial charge in [-0.1, -0.05) is 23.7 Å². The van der Waals surface area contributed by atoms with Crippen molar-refractivity contribution in [3.8, 4) is 5.75 Å². The molecule has 1 saturated heterocycles. The van der Waals surface area contributed by atoms with Gasteiger partial charge in [-0.25, -0.2) is 12.8 Å². The molecule has 2 aromatic rings. The average Bonchev–Trinajstić information content (AvgIpc) is 2.71. The van der Waals surface area contributed by atoms with Crippen LogP contribution in [0.4, 0.5) is 10.1 Å². The summed E-state index contributed by atoms with van der Waals surface area (Å²) in [5.74, 6) is -1.10. The van der Waals surface area contributed by atoms with Crippen molar-refractivity contribution in [3.05, 3.63) is 53.3 Å². The van der Waals surface area contributed by atoms with Gasteiger partial charge in [0.25, 0.3) is 0 Å². The first kappa shape index (κ1) is 21.5. The van der Waals surface area contributed by atoms with Crippen molar-refractivity contribution in [1.82, 2.24) is 4.31 Å². The second-order valence-electron chi connectivity index (χ2n) is 6.70. The highest BCUT2D eigenvalue weighted by Gasteiger charge is 2.33. The Hall–Kier alpha value is -2.16. The number of ether oxygens (including phenoxy) is 1. The second kappa shape index (κ2) is 9.11. The highest BCUT2D eigenvalue weighted by Crippen LogP contribution is 2.30. The molecule has 0 bridgehead atoms. The summed E-state index contributed by atoms with van der Waals surface area (Å²) in [5.41, 5.74) is 0.0794. The molecular weight excluding hydrogens is 419 g/mol. The van der Waals surface area contributed by atoms with E-state index in [4.69, 9.17) is 16.3 Å². The quantitative estimate of drug-likeness (QED) is 0.738. The maximum absolute atomic E-state index is 13.8. The molecule has 1 aliphatic rings. The predicted octanol–water partition coefficient (Wildman–Crippen LogP) is 3.92. The van der Waals surface area contributed by atoms with Crippen LogP contribution in [-0.4, -0.2) is 38.3 Å². The summed E-state index contributed by atoms with van der Waals surface area (Å²) in [6, 6.07) is 10.2. The molecule has 1 atom stereocenters. The van der Waals surface area contributed by atoms with Crippen LogP contribution < -0.4 is 10.1 Å². The zero-order valence-corrected chi connectivity index (χ0v) is 17.5. The van der Waals surface area contributed by atoms with E-state index in [9.17, 15) is 17.6 Å². The van der Waals surface area contributed by atoms with Crippen LogP contribution in [0.5, 0.6) is 5.75 Å². The first-order chi connectivity index (χ1) is 13.8. The number of carbonyl (C=O) groups excluding carboxylic acids is 1. The van der Waals surface area contributed by atoms with Crippen LogP contribution >= 0.6 is 11.6 Å². The molecule has 1 amide bonds. The predicted molar refractivity (Wildman–Crippen MR) is 109 cm³/mol. The van der Waals surface area contributed by atoms with Crippen LogP contribution in [0.1, 0.15) is 19.8 Å². The van der Waals surface area contributed by atoms with E-state index in [1.807, 2.05) is 0 Å². The zero-order valence-electron chi connectivity index (χ0n) is 15.9. The number of amides is 1. The summed E-state index contributed by atoms with van der Waals surface area (Å²) in [7, 11) is -3.82. The lowest BCUT2D eigenvalue weighted by Crippen LogP contribution is -2.43. The molecule has 0 saturated carbocycles. The fourth-order valence-corrected chi connectivity index (χ4v) is 5.09. The summed E-state index contributed by atoms with van der Waals surface area (Å²) in [5, 5.41) is 2.76. The Kier molecular flexibility index (Phi) is 6.77. The van der Waals surface area contributed by atoms with Crippen LogP contribution in [0.3, 0.4) is 0 Å². The zero-order chi connectivity index (χ0) is 21.0. The number of piperidine rings is 1. The molecule has 1 heterocycles. The molecule has 1 aliphatic heterocycles. The molecule has 0 radical (unpaired) electrons. The molecule has 9 heteroatoms. The largest absolute Gasteiger partial charge is 0.492 e. The van der Waals surface area contributed by atoms with Crippen molar-refractivity contribution >= 4 is 33.2 Å². The number of halogens is 2. The number of anilines is 1. The van der Waals surface area contributed by atoms with Gasteiger partial charge >= 0.3 is 0 Å². The van der Waals surface area contributed by atoms with Crippen molar-refractivity contribution in [2.24, 2.45) is 5.92 Å². The Labute approximate surface area is 174 Å². The number of rotatable bonds is 6. The van der Waals surface area contributed by atoms with Gasteiger partial charge in [0, 0.05) is 13.1 Å². The Bertz CT molecular complexity index is 1000. The molecular formula is C20H22ClFN2O4S. The van der Waals surface area contributed by atoms with E-state index in [0.717, 1.165) is 0 Å². The van der Waals surface area contributed by atoms with Gasteiger partial charge in [-0.3, -0.25) is 4.79 Å². The Morgan fingerprint density at radius 1 is 1.31 bits per heavy atom. The highest BCUT2D eigenvalue weighted by molar-refractivity contribution is 7.89. The maximum Gasteiger partial charge on any atom is 0.243 e. The summed E-state index contributed by atoms with van der Waals surface area (Å²) in [4.78, 5) is 12.6. The smallest absolute Gasteiger partial charge is 0.243 e. The molecule has 1 fully saturated rings. The van der Waals surface area contributed by atoms with Gasteiger partial charge in [0.2, 0.25) is 15.9 Å². The van der Waals surface area contributed by atoms with E-state index < -0.39 is 27.7 Å². The molecule has 29 heavy (non-hydrogen) atoms. The van der Waals surface area contributed by atoms with Crippen molar-refractivity contribution in [1.29, 1.82) is 0 Å². The normalized spacial score (nSPS) is 17.7. The molecule has 0 aromatic heterocycles. The lowest BCUT2D eigenvalue weighted by Gasteiger charge is -2.31. The molecule has 0 aliphatic carbocycles. The SMILES string of the molecule is CCOc1ccc(S(=O)(=O)N2CCC[C@H](C(=O)Nc3ccccc3F)C2)cc1Cl. The number of para-hydroxylation sites is 1. The number of hydrogen-bond donors (Lipinski definition) is 1. The lowest BCUT2D eigenvalue weighted by molar-refractivity contribution is -0.120. The van der Waals surface area contributed by atoms with Gasteiger partial charge in [-0.15, -0.1) is 0 Å². The van der Waals surface area contributed by atoms with Crippen LogP contribution in [0.25, 0.3) is 0 Å². The van der Waals surface area contributed by atoms with Crippen LogP contribution in [-0.2, 0) is 14.8 Å². The van der Waals surface area contributed by atoms with Gasteiger partial charge in [0.05, 0.1) is 28.1 Å². The third kappa shape index (κ3) is 4.88. The number of carbonyl (C=O) groups is 1. The maximum atomic E-state index is 13.8. The van der Waals surface area contributed by atoms with E-state index in [-0.39, 0.29) is 22.2 Å². The summed E-state index contributed by atoms with van der Waals surface area (Å²) in [6.45, 7) is 2.54. The van der Waals surface area contributed by atoms with Gasteiger partial charge < -0.3 is 10.1 Å². The summed E-state index contributed by atoms with van der Waals surface area (Å²) < 4.78 is 46.4. The van der Waals surface area contributed by atoms with Gasteiger partial charge in [0.15, 0.2) is 0 Å². The monoisotopic (exact) mass is 440 g/mol. The third-order valence-electron chi connectivity index (χ3n) is 4.73.